The van der Waals surface area contributed by atoms with Crippen LogP contribution in [0.5, 0.6) is 0 Å². The fourth-order valence-corrected chi connectivity index (χ4v) is 2.90. The first kappa shape index (κ1) is 12.0. The second kappa shape index (κ2) is 5.27. The second-order valence-corrected chi connectivity index (χ2v) is 5.12. The van der Waals surface area contributed by atoms with Gasteiger partial charge in [0.25, 0.3) is 0 Å². The molecule has 0 bridgehead atoms. The number of rotatable bonds is 5. The lowest BCUT2D eigenvalue weighted by atomic mass is 10.0. The molecule has 1 aromatic carbocycles. The van der Waals surface area contributed by atoms with Crippen LogP contribution in [0.3, 0.4) is 0 Å². The Morgan fingerprint density at radius 3 is 2.88 bits per heavy atom. The lowest BCUT2D eigenvalue weighted by molar-refractivity contribution is -0.139. The van der Waals surface area contributed by atoms with Crippen LogP contribution in [0, 0.1) is 0 Å². The van der Waals surface area contributed by atoms with Crippen LogP contribution in [0.2, 0.25) is 0 Å². The van der Waals surface area contributed by atoms with E-state index in [1.165, 1.54) is 11.3 Å². The zero-order chi connectivity index (χ0) is 12.3. The first-order chi connectivity index (χ1) is 8.22. The topological polar surface area (TPSA) is 50.2 Å². The van der Waals surface area contributed by atoms with Gasteiger partial charge in [0.05, 0.1) is 10.2 Å². The molecule has 2 aromatic rings. The summed E-state index contributed by atoms with van der Waals surface area (Å²) in [5.41, 5.74) is 0.898. The molecule has 0 aliphatic heterocycles. The number of hydrogen-bond donors (Lipinski definition) is 1. The number of aromatic nitrogens is 1. The van der Waals surface area contributed by atoms with Crippen LogP contribution in [0.4, 0.5) is 0 Å². The van der Waals surface area contributed by atoms with Crippen molar-refractivity contribution in [2.75, 3.05) is 0 Å². The van der Waals surface area contributed by atoms with Crippen LogP contribution >= 0.6 is 11.3 Å². The molecule has 1 atom stereocenters. The number of hydrogen-bond acceptors (Lipinski definition) is 3. The van der Waals surface area contributed by atoms with Gasteiger partial charge < -0.3 is 5.11 Å². The summed E-state index contributed by atoms with van der Waals surface area (Å²) in [6.07, 6.45) is 2.60. The fourth-order valence-electron chi connectivity index (χ4n) is 1.80. The van der Waals surface area contributed by atoms with Gasteiger partial charge in [-0.2, -0.15) is 0 Å². The van der Waals surface area contributed by atoms with Gasteiger partial charge in [-0.3, -0.25) is 4.79 Å². The van der Waals surface area contributed by atoms with E-state index < -0.39 is 11.9 Å². The van der Waals surface area contributed by atoms with Gasteiger partial charge in [0.1, 0.15) is 10.9 Å². The number of thiazole rings is 1. The SMILES string of the molecule is CCCCC(C(=O)O)c1nc2ccccc2s1. The minimum Gasteiger partial charge on any atom is -0.481 e. The normalized spacial score (nSPS) is 12.8. The van der Waals surface area contributed by atoms with Gasteiger partial charge in [-0.05, 0) is 18.6 Å². The lowest BCUT2D eigenvalue weighted by Crippen LogP contribution is -2.11. The number of unbranched alkanes of at least 4 members (excludes halogenated alkanes) is 1. The highest BCUT2D eigenvalue weighted by Crippen LogP contribution is 2.30. The summed E-state index contributed by atoms with van der Waals surface area (Å²) in [6, 6.07) is 7.78. The van der Waals surface area contributed by atoms with E-state index in [-0.39, 0.29) is 0 Å². The summed E-state index contributed by atoms with van der Waals surface area (Å²) in [5, 5.41) is 9.97. The molecular formula is C13H15NO2S. The van der Waals surface area contributed by atoms with Crippen LogP contribution in [0.25, 0.3) is 10.2 Å². The van der Waals surface area contributed by atoms with Crippen LogP contribution in [-0.2, 0) is 4.79 Å². The minimum absolute atomic E-state index is 0.452. The van der Waals surface area contributed by atoms with E-state index in [1.54, 1.807) is 0 Å². The van der Waals surface area contributed by atoms with Gasteiger partial charge in [0.15, 0.2) is 0 Å². The van der Waals surface area contributed by atoms with Crippen molar-refractivity contribution in [1.29, 1.82) is 0 Å². The van der Waals surface area contributed by atoms with Gasteiger partial charge >= 0.3 is 5.97 Å². The molecule has 1 heterocycles. The molecule has 0 saturated heterocycles. The summed E-state index contributed by atoms with van der Waals surface area (Å²) in [5.74, 6) is -1.22. The van der Waals surface area contributed by atoms with E-state index in [2.05, 4.69) is 11.9 Å². The highest BCUT2D eigenvalue weighted by Gasteiger charge is 2.22. The van der Waals surface area contributed by atoms with Crippen molar-refractivity contribution in [3.05, 3.63) is 29.3 Å². The third-order valence-electron chi connectivity index (χ3n) is 2.75. The Kier molecular flexibility index (Phi) is 3.74. The van der Waals surface area contributed by atoms with Gasteiger partial charge in [0, 0.05) is 0 Å². The molecule has 17 heavy (non-hydrogen) atoms. The molecule has 0 aliphatic rings. The van der Waals surface area contributed by atoms with Crippen molar-refractivity contribution < 1.29 is 9.90 Å². The van der Waals surface area contributed by atoms with Crippen molar-refractivity contribution in [1.82, 2.24) is 4.98 Å². The zero-order valence-electron chi connectivity index (χ0n) is 9.72. The van der Waals surface area contributed by atoms with E-state index in [0.717, 1.165) is 28.1 Å². The Morgan fingerprint density at radius 2 is 2.24 bits per heavy atom. The van der Waals surface area contributed by atoms with Crippen molar-refractivity contribution in [3.8, 4) is 0 Å². The molecule has 4 heteroatoms. The zero-order valence-corrected chi connectivity index (χ0v) is 10.5. The van der Waals surface area contributed by atoms with E-state index >= 15 is 0 Å². The molecule has 1 unspecified atom stereocenters. The average molecular weight is 249 g/mol. The Balaban J connectivity index is 2.31. The molecule has 1 N–H and O–H groups in total. The van der Waals surface area contributed by atoms with Crippen LogP contribution in [0.15, 0.2) is 24.3 Å². The van der Waals surface area contributed by atoms with Gasteiger partial charge in [0.2, 0.25) is 0 Å². The highest BCUT2D eigenvalue weighted by molar-refractivity contribution is 7.18. The Bertz CT molecular complexity index is 488. The predicted octanol–water partition coefficient (Wildman–Crippen LogP) is 3.65. The number of fused-ring (bicyclic) bond motifs is 1. The molecular weight excluding hydrogens is 234 g/mol. The van der Waals surface area contributed by atoms with Crippen molar-refractivity contribution in [3.63, 3.8) is 0 Å². The highest BCUT2D eigenvalue weighted by atomic mass is 32.1. The number of aliphatic carboxylic acids is 1. The average Bonchev–Trinajstić information content (AvgIpc) is 2.72. The maximum atomic E-state index is 11.2. The monoisotopic (exact) mass is 249 g/mol. The fraction of sp³-hybridized carbons (Fsp3) is 0.385. The number of carboxylic acid groups (broad SMARTS) is 1. The molecule has 90 valence electrons. The number of para-hydroxylation sites is 1. The van der Waals surface area contributed by atoms with Gasteiger partial charge in [-0.25, -0.2) is 4.98 Å². The first-order valence-corrected chi connectivity index (χ1v) is 6.62. The maximum absolute atomic E-state index is 11.2. The molecule has 0 spiro atoms. The third-order valence-corrected chi connectivity index (χ3v) is 3.90. The third kappa shape index (κ3) is 2.64. The smallest absolute Gasteiger partial charge is 0.313 e. The number of nitrogens with zero attached hydrogens (tertiary/aromatic N) is 1. The van der Waals surface area contributed by atoms with E-state index in [9.17, 15) is 9.90 Å². The summed E-state index contributed by atoms with van der Waals surface area (Å²) in [6.45, 7) is 2.07. The maximum Gasteiger partial charge on any atom is 0.313 e. The predicted molar refractivity (Wildman–Crippen MR) is 69.5 cm³/mol. The molecule has 0 aliphatic carbocycles. The van der Waals surface area contributed by atoms with Gasteiger partial charge in [-0.15, -0.1) is 11.3 Å². The van der Waals surface area contributed by atoms with Crippen LogP contribution in [-0.4, -0.2) is 16.1 Å². The lowest BCUT2D eigenvalue weighted by Gasteiger charge is -2.07. The molecule has 0 fully saturated rings. The Labute approximate surface area is 104 Å². The van der Waals surface area contributed by atoms with Crippen LogP contribution in [0.1, 0.15) is 37.1 Å². The quantitative estimate of drug-likeness (QED) is 0.879. The van der Waals surface area contributed by atoms with Gasteiger partial charge in [-0.1, -0.05) is 31.9 Å². The largest absolute Gasteiger partial charge is 0.481 e. The molecule has 0 amide bonds. The standard InChI is InChI=1S/C13H15NO2S/c1-2-3-6-9(13(15)16)12-14-10-7-4-5-8-11(10)17-12/h4-5,7-9H,2-3,6H2,1H3,(H,15,16). The Hall–Kier alpha value is -1.42. The first-order valence-electron chi connectivity index (χ1n) is 5.80. The molecule has 3 nitrogen and oxygen atoms in total. The van der Waals surface area contributed by atoms with E-state index in [1.807, 2.05) is 24.3 Å². The Morgan fingerprint density at radius 1 is 1.47 bits per heavy atom. The number of carboxylic acids is 1. The van der Waals surface area contributed by atoms with E-state index in [4.69, 9.17) is 0 Å². The van der Waals surface area contributed by atoms with Crippen molar-refractivity contribution >= 4 is 27.5 Å². The summed E-state index contributed by atoms with van der Waals surface area (Å²) >= 11 is 1.49. The van der Waals surface area contributed by atoms with Crippen molar-refractivity contribution in [2.24, 2.45) is 0 Å². The number of carbonyl (C=O) groups is 1. The minimum atomic E-state index is -0.766. The van der Waals surface area contributed by atoms with E-state index in [0.29, 0.717) is 6.42 Å². The second-order valence-electron chi connectivity index (χ2n) is 4.05. The van der Waals surface area contributed by atoms with Crippen molar-refractivity contribution in [2.45, 2.75) is 32.1 Å². The summed E-state index contributed by atoms with van der Waals surface area (Å²) in [4.78, 5) is 15.7. The molecule has 0 saturated carbocycles. The molecule has 0 radical (unpaired) electrons. The summed E-state index contributed by atoms with van der Waals surface area (Å²) < 4.78 is 1.06. The summed E-state index contributed by atoms with van der Waals surface area (Å²) in [7, 11) is 0. The molecule has 1 aromatic heterocycles. The molecule has 2 rings (SSSR count). The van der Waals surface area contributed by atoms with Crippen LogP contribution < -0.4 is 0 Å². The number of benzene rings is 1.